The van der Waals surface area contributed by atoms with E-state index < -0.39 is 42.5 Å². The number of carboxylic acid groups (broad SMARTS) is 1. The number of alkyl halides is 3. The molecule has 2 saturated heterocycles. The number of urea groups is 1. The van der Waals surface area contributed by atoms with Crippen LogP contribution in [0.2, 0.25) is 0 Å². The summed E-state index contributed by atoms with van der Waals surface area (Å²) in [5.74, 6) is -3.52. The summed E-state index contributed by atoms with van der Waals surface area (Å²) >= 11 is 1.89. The fourth-order valence-electron chi connectivity index (χ4n) is 6.07. The Bertz CT molecular complexity index is 1580. The van der Waals surface area contributed by atoms with Gasteiger partial charge in [0.15, 0.2) is 5.96 Å². The molecule has 12 N–H and O–H groups in total. The Balaban J connectivity index is 0.00000286. The molecule has 0 bridgehead atoms. The number of aliphatic carboxylic acids is 1. The molecule has 0 radical (unpaired) electrons. The van der Waals surface area contributed by atoms with Crippen LogP contribution >= 0.6 is 11.8 Å². The first-order valence-corrected chi connectivity index (χ1v) is 22.7. The van der Waals surface area contributed by atoms with Crippen LogP contribution < -0.4 is 48.7 Å². The van der Waals surface area contributed by atoms with Crippen LogP contribution in [0.25, 0.3) is 10.4 Å². The molecular weight excluding hydrogens is 904 g/mol. The average Bonchev–Trinajstić information content (AvgIpc) is 3.82. The van der Waals surface area contributed by atoms with Gasteiger partial charge >= 0.3 is 18.2 Å². The van der Waals surface area contributed by atoms with Crippen molar-refractivity contribution in [2.75, 3.05) is 84.7 Å². The molecule has 0 unspecified atom stereocenters. The molecule has 2 aliphatic rings. The van der Waals surface area contributed by atoms with Crippen LogP contribution in [0.5, 0.6) is 0 Å². The fraction of sp³-hybridized carbons (Fsp3) is 0.789. The number of ether oxygens (including phenoxy) is 3. The maximum absolute atomic E-state index is 12.6. The monoisotopic (exact) mass is 969 g/mol. The van der Waals surface area contributed by atoms with Crippen molar-refractivity contribution in [1.29, 1.82) is 0 Å². The normalized spacial score (nSPS) is 16.4. The van der Waals surface area contributed by atoms with Gasteiger partial charge in [-0.3, -0.25) is 29.0 Å². The van der Waals surface area contributed by atoms with Crippen LogP contribution in [0, 0.1) is 0 Å². The Morgan fingerprint density at radius 2 is 1.35 bits per heavy atom. The first kappa shape index (κ1) is 58.7. The van der Waals surface area contributed by atoms with Gasteiger partial charge in [0, 0.05) is 68.1 Å². The summed E-state index contributed by atoms with van der Waals surface area (Å²) in [4.78, 5) is 87.6. The predicted octanol–water partition coefficient (Wildman–Crippen LogP) is 0.0494. The lowest BCUT2D eigenvalue weighted by molar-refractivity contribution is -0.192. The van der Waals surface area contributed by atoms with E-state index in [4.69, 9.17) is 41.1 Å². The number of rotatable bonds is 35. The molecule has 0 aliphatic carbocycles. The highest BCUT2D eigenvalue weighted by molar-refractivity contribution is 8.00. The van der Waals surface area contributed by atoms with Gasteiger partial charge in [0.25, 0.3) is 0 Å². The molecular formula is C38H66F3N13O11S. The Morgan fingerprint density at radius 1 is 0.788 bits per heavy atom. The Kier molecular flexibility index (Phi) is 31.9. The summed E-state index contributed by atoms with van der Waals surface area (Å²) in [5, 5.41) is 30.1. The maximum Gasteiger partial charge on any atom is 0.490 e. The van der Waals surface area contributed by atoms with E-state index >= 15 is 0 Å². The quantitative estimate of drug-likeness (QED) is 0.00764. The molecule has 28 heteroatoms. The Labute approximate surface area is 385 Å². The standard InChI is InChI=1S/C36H65N13O9S.C2HF3O2/c37-35(38)43-14-6-9-26(46-32(53)24-45-49-39)34(54)44-23-31(52)42-13-5-1-2-11-29(50)40-15-7-17-56-19-21-58-22-20-57-18-8-16-41-30(51)12-4-3-10-28-33-27(25-59-28)47-36(55)48-33;3-2(4,5)1(6)7/h26-28,33H,1-25H2,(H,40,50)(H,41,51)(H,42,52)(H,44,54)(H,46,53)(H4,37,38,43)(H2,47,48,55);(H,6,7)/t26-,27-,28-,33-;/m0./s1. The minimum atomic E-state index is -5.08. The van der Waals surface area contributed by atoms with Crippen molar-refractivity contribution in [3.63, 3.8) is 0 Å². The average molecular weight is 970 g/mol. The number of halogens is 3. The number of nitrogens with two attached hydrogens (primary N) is 2. The van der Waals surface area contributed by atoms with Crippen molar-refractivity contribution >= 4 is 59.3 Å². The van der Waals surface area contributed by atoms with Crippen molar-refractivity contribution in [3.8, 4) is 0 Å². The topological polar surface area (TPSA) is 365 Å². The molecule has 0 aromatic carbocycles. The minimum Gasteiger partial charge on any atom is -0.475 e. The third-order valence-electron chi connectivity index (χ3n) is 9.34. The van der Waals surface area contributed by atoms with Crippen LogP contribution in [-0.2, 0) is 43.0 Å². The molecule has 0 aromatic heterocycles. The summed E-state index contributed by atoms with van der Waals surface area (Å²) in [6.45, 7) is 3.76. The number of azide groups is 1. The molecule has 0 spiro atoms. The summed E-state index contributed by atoms with van der Waals surface area (Å²) in [7, 11) is 0. The third kappa shape index (κ3) is 30.8. The van der Waals surface area contributed by atoms with E-state index in [9.17, 15) is 41.9 Å². The second-order valence-corrected chi connectivity index (χ2v) is 16.0. The van der Waals surface area contributed by atoms with Gasteiger partial charge in [-0.15, -0.1) is 0 Å². The number of amides is 7. The van der Waals surface area contributed by atoms with Gasteiger partial charge in [0.05, 0.1) is 45.1 Å². The van der Waals surface area contributed by atoms with Crippen molar-refractivity contribution in [3.05, 3.63) is 10.4 Å². The van der Waals surface area contributed by atoms with Crippen LogP contribution in [0.1, 0.15) is 77.0 Å². The Hall–Kier alpha value is -5.31. The minimum absolute atomic E-state index is 0.0509. The van der Waals surface area contributed by atoms with E-state index in [1.54, 1.807) is 0 Å². The Morgan fingerprint density at radius 3 is 1.92 bits per heavy atom. The van der Waals surface area contributed by atoms with E-state index in [2.05, 4.69) is 52.2 Å². The molecule has 376 valence electrons. The first-order valence-electron chi connectivity index (χ1n) is 21.7. The number of nitrogens with zero attached hydrogens (tertiary/aromatic N) is 4. The summed E-state index contributed by atoms with van der Waals surface area (Å²) in [6.07, 6.45) is 2.62. The van der Waals surface area contributed by atoms with E-state index in [0.29, 0.717) is 103 Å². The molecule has 0 aromatic rings. The van der Waals surface area contributed by atoms with Crippen molar-refractivity contribution in [2.24, 2.45) is 21.6 Å². The lowest BCUT2D eigenvalue weighted by Gasteiger charge is -2.17. The van der Waals surface area contributed by atoms with Crippen LogP contribution in [0.15, 0.2) is 10.1 Å². The van der Waals surface area contributed by atoms with Crippen LogP contribution in [0.3, 0.4) is 0 Å². The summed E-state index contributed by atoms with van der Waals surface area (Å²) in [6, 6.07) is -0.603. The number of fused-ring (bicyclic) bond motifs is 1. The smallest absolute Gasteiger partial charge is 0.475 e. The predicted molar refractivity (Wildman–Crippen MR) is 236 cm³/mol. The van der Waals surface area contributed by atoms with E-state index in [0.717, 1.165) is 37.9 Å². The molecule has 24 nitrogen and oxygen atoms in total. The second-order valence-electron chi connectivity index (χ2n) is 14.8. The van der Waals surface area contributed by atoms with Gasteiger partial charge in [-0.25, -0.2) is 9.59 Å². The number of nitrogens with one attached hydrogen (secondary N) is 7. The highest BCUT2D eigenvalue weighted by atomic mass is 32.2. The third-order valence-corrected chi connectivity index (χ3v) is 10.9. The highest BCUT2D eigenvalue weighted by Crippen LogP contribution is 2.33. The zero-order valence-corrected chi connectivity index (χ0v) is 37.8. The summed E-state index contributed by atoms with van der Waals surface area (Å²) in [5.41, 5.74) is 19.0. The lowest BCUT2D eigenvalue weighted by atomic mass is 10.0. The maximum atomic E-state index is 12.6. The number of unbranched alkanes of at least 4 members (excludes halogenated alkanes) is 3. The molecule has 2 rings (SSSR count). The number of hydrogen-bond acceptors (Lipinski definition) is 13. The molecule has 2 aliphatic heterocycles. The second kappa shape index (κ2) is 35.9. The molecule has 4 atom stereocenters. The number of guanidine groups is 1. The molecule has 66 heavy (non-hydrogen) atoms. The number of aliphatic imine (C=N–C) groups is 1. The zero-order valence-electron chi connectivity index (χ0n) is 37.0. The SMILES string of the molecule is O=C(O)C(F)(F)F.[N-]=[N+]=NCC(=O)N[C@@H](CCCN=C(N)N)C(=O)NCC(=O)NCCCCCC(=O)NCCCOCCOCCOCCCNC(=O)CCCC[C@@H]1SC[C@@H]2NC(=O)N[C@@H]21. The van der Waals surface area contributed by atoms with Gasteiger partial charge in [-0.1, -0.05) is 18.0 Å². The molecule has 2 fully saturated rings. The van der Waals surface area contributed by atoms with E-state index in [-0.39, 0.29) is 55.4 Å². The number of thioether (sulfide) groups is 1. The van der Waals surface area contributed by atoms with E-state index in [1.807, 2.05) is 11.8 Å². The van der Waals surface area contributed by atoms with Gasteiger partial charge in [-0.2, -0.15) is 24.9 Å². The van der Waals surface area contributed by atoms with Gasteiger partial charge < -0.3 is 68.0 Å². The molecule has 7 amide bonds. The largest absolute Gasteiger partial charge is 0.490 e. The van der Waals surface area contributed by atoms with Crippen LogP contribution in [0.4, 0.5) is 18.0 Å². The molecule has 0 saturated carbocycles. The van der Waals surface area contributed by atoms with Crippen molar-refractivity contribution in [1.82, 2.24) is 37.2 Å². The highest BCUT2D eigenvalue weighted by Gasteiger charge is 2.42. The number of carboxylic acids is 1. The number of hydrogen-bond donors (Lipinski definition) is 10. The van der Waals surface area contributed by atoms with Crippen molar-refractivity contribution < 1.29 is 66.1 Å². The summed E-state index contributed by atoms with van der Waals surface area (Å²) < 4.78 is 48.4. The van der Waals surface area contributed by atoms with Crippen molar-refractivity contribution in [2.45, 2.75) is 107 Å². The fourth-order valence-corrected chi connectivity index (χ4v) is 7.62. The zero-order chi connectivity index (χ0) is 49.0. The van der Waals surface area contributed by atoms with Gasteiger partial charge in [-0.05, 0) is 56.9 Å². The number of carbonyl (C=O) groups is 7. The van der Waals surface area contributed by atoms with Crippen LogP contribution in [-0.4, -0.2) is 167 Å². The molecule has 2 heterocycles. The lowest BCUT2D eigenvalue weighted by Crippen LogP contribution is -2.49. The van der Waals surface area contributed by atoms with Gasteiger partial charge in [0.1, 0.15) is 12.6 Å². The van der Waals surface area contributed by atoms with Gasteiger partial charge in [0.2, 0.25) is 29.5 Å². The van der Waals surface area contributed by atoms with E-state index in [1.165, 1.54) is 0 Å². The first-order chi connectivity index (χ1) is 31.5. The number of carbonyl (C=O) groups excluding carboxylic acids is 6.